The van der Waals surface area contributed by atoms with E-state index in [9.17, 15) is 14.7 Å². The summed E-state index contributed by atoms with van der Waals surface area (Å²) >= 11 is 0. The molecule has 0 aliphatic carbocycles. The fourth-order valence-electron chi connectivity index (χ4n) is 2.14. The van der Waals surface area contributed by atoms with Gasteiger partial charge >= 0.3 is 5.97 Å². The number of carbonyl (C=O) groups excluding carboxylic acids is 2. The van der Waals surface area contributed by atoms with Gasteiger partial charge in [0.2, 0.25) is 0 Å². The molecule has 120 valence electrons. The lowest BCUT2D eigenvalue weighted by Gasteiger charge is -2.25. The van der Waals surface area contributed by atoms with Gasteiger partial charge in [-0.15, -0.1) is 0 Å². The Labute approximate surface area is 135 Å². The molecule has 5 heteroatoms. The number of amides is 1. The Morgan fingerprint density at radius 2 is 1.61 bits per heavy atom. The highest BCUT2D eigenvalue weighted by Crippen LogP contribution is 2.17. The maximum Gasteiger partial charge on any atom is 0.336 e. The van der Waals surface area contributed by atoms with Crippen molar-refractivity contribution >= 4 is 17.6 Å². The second-order valence-electron chi connectivity index (χ2n) is 4.89. The molecule has 0 bridgehead atoms. The largest absolute Gasteiger partial charge is 0.464 e. The van der Waals surface area contributed by atoms with Gasteiger partial charge in [0.25, 0.3) is 5.91 Å². The van der Waals surface area contributed by atoms with Crippen LogP contribution < -0.4 is 4.90 Å². The molecule has 0 aliphatic rings. The molecule has 0 spiro atoms. The number of para-hydroxylation sites is 1. The number of rotatable bonds is 6. The van der Waals surface area contributed by atoms with Gasteiger partial charge in [-0.05, 0) is 31.2 Å². The monoisotopic (exact) mass is 313 g/mol. The van der Waals surface area contributed by atoms with Gasteiger partial charge in [0.05, 0.1) is 13.2 Å². The summed E-state index contributed by atoms with van der Waals surface area (Å²) in [6, 6.07) is 17.6. The van der Waals surface area contributed by atoms with Crippen LogP contribution in [0.3, 0.4) is 0 Å². The molecule has 2 aromatic carbocycles. The molecular formula is C18H19NO4. The molecule has 1 amide bonds. The Hall–Kier alpha value is -2.66. The Bertz CT molecular complexity index is 643. The standard InChI is InChI=1S/C18H19NO4/c1-2-23-18(22)16(20)13-19(15-11-7-4-8-12-15)17(21)14-9-5-3-6-10-14/h3-12,16,20H,2,13H2,1H3. The number of ether oxygens (including phenoxy) is 1. The number of hydrogen-bond donors (Lipinski definition) is 1. The quantitative estimate of drug-likeness (QED) is 0.831. The molecule has 1 atom stereocenters. The molecule has 0 aromatic heterocycles. The van der Waals surface area contributed by atoms with Crippen molar-refractivity contribution in [2.75, 3.05) is 18.1 Å². The van der Waals surface area contributed by atoms with E-state index in [-0.39, 0.29) is 19.1 Å². The van der Waals surface area contributed by atoms with Gasteiger partial charge in [0.1, 0.15) is 0 Å². The van der Waals surface area contributed by atoms with Gasteiger partial charge < -0.3 is 14.7 Å². The second kappa shape index (κ2) is 8.10. The summed E-state index contributed by atoms with van der Waals surface area (Å²) in [5, 5.41) is 10.0. The normalized spacial score (nSPS) is 11.6. The summed E-state index contributed by atoms with van der Waals surface area (Å²) in [7, 11) is 0. The van der Waals surface area contributed by atoms with Crippen LogP contribution in [0.15, 0.2) is 60.7 Å². The van der Waals surface area contributed by atoms with Crippen LogP contribution in [0, 0.1) is 0 Å². The van der Waals surface area contributed by atoms with E-state index in [2.05, 4.69) is 0 Å². The minimum Gasteiger partial charge on any atom is -0.464 e. The van der Waals surface area contributed by atoms with Crippen LogP contribution in [0.2, 0.25) is 0 Å². The Kier molecular flexibility index (Phi) is 5.88. The van der Waals surface area contributed by atoms with Crippen molar-refractivity contribution in [3.63, 3.8) is 0 Å². The second-order valence-corrected chi connectivity index (χ2v) is 4.89. The molecular weight excluding hydrogens is 294 g/mol. The number of benzene rings is 2. The third-order valence-corrected chi connectivity index (χ3v) is 3.25. The molecule has 23 heavy (non-hydrogen) atoms. The van der Waals surface area contributed by atoms with Crippen LogP contribution in [0.1, 0.15) is 17.3 Å². The maximum absolute atomic E-state index is 12.7. The molecule has 2 rings (SSSR count). The van der Waals surface area contributed by atoms with E-state index in [1.807, 2.05) is 12.1 Å². The number of esters is 1. The molecule has 5 nitrogen and oxygen atoms in total. The third-order valence-electron chi connectivity index (χ3n) is 3.25. The fourth-order valence-corrected chi connectivity index (χ4v) is 2.14. The molecule has 2 aromatic rings. The summed E-state index contributed by atoms with van der Waals surface area (Å²) in [5.74, 6) is -1.03. The van der Waals surface area contributed by atoms with Gasteiger partial charge in [-0.25, -0.2) is 4.79 Å². The van der Waals surface area contributed by atoms with Crippen molar-refractivity contribution < 1.29 is 19.4 Å². The van der Waals surface area contributed by atoms with Crippen molar-refractivity contribution in [2.24, 2.45) is 0 Å². The summed E-state index contributed by atoms with van der Waals surface area (Å²) in [4.78, 5) is 25.8. The maximum atomic E-state index is 12.7. The van der Waals surface area contributed by atoms with Crippen LogP contribution in [0.25, 0.3) is 0 Å². The van der Waals surface area contributed by atoms with Gasteiger partial charge in [0, 0.05) is 11.3 Å². The van der Waals surface area contributed by atoms with E-state index in [1.165, 1.54) is 4.90 Å². The lowest BCUT2D eigenvalue weighted by Crippen LogP contribution is -2.41. The van der Waals surface area contributed by atoms with Gasteiger partial charge in [-0.1, -0.05) is 36.4 Å². The van der Waals surface area contributed by atoms with Crippen LogP contribution in [0.5, 0.6) is 0 Å². The highest BCUT2D eigenvalue weighted by molar-refractivity contribution is 6.06. The van der Waals surface area contributed by atoms with Crippen LogP contribution >= 0.6 is 0 Å². The molecule has 0 heterocycles. The van der Waals surface area contributed by atoms with Crippen molar-refractivity contribution in [1.82, 2.24) is 0 Å². The molecule has 0 saturated heterocycles. The molecule has 0 radical (unpaired) electrons. The lowest BCUT2D eigenvalue weighted by molar-refractivity contribution is -0.152. The molecule has 1 N–H and O–H groups in total. The molecule has 0 saturated carbocycles. The Morgan fingerprint density at radius 1 is 1.04 bits per heavy atom. The molecule has 0 aliphatic heterocycles. The van der Waals surface area contributed by atoms with Gasteiger partial charge in [-0.2, -0.15) is 0 Å². The van der Waals surface area contributed by atoms with E-state index in [0.29, 0.717) is 11.3 Å². The van der Waals surface area contributed by atoms with E-state index in [1.54, 1.807) is 55.5 Å². The average Bonchev–Trinajstić information content (AvgIpc) is 2.60. The Morgan fingerprint density at radius 3 is 2.17 bits per heavy atom. The number of nitrogens with zero attached hydrogens (tertiary/aromatic N) is 1. The topological polar surface area (TPSA) is 66.8 Å². The van der Waals surface area contributed by atoms with Crippen LogP contribution in [-0.2, 0) is 9.53 Å². The van der Waals surface area contributed by atoms with Crippen LogP contribution in [0.4, 0.5) is 5.69 Å². The average molecular weight is 313 g/mol. The zero-order valence-corrected chi connectivity index (χ0v) is 12.9. The highest BCUT2D eigenvalue weighted by Gasteiger charge is 2.25. The fraction of sp³-hybridized carbons (Fsp3) is 0.222. The lowest BCUT2D eigenvalue weighted by atomic mass is 10.1. The number of hydrogen-bond acceptors (Lipinski definition) is 4. The predicted octanol–water partition coefficient (Wildman–Crippen LogP) is 2.26. The van der Waals surface area contributed by atoms with E-state index < -0.39 is 12.1 Å². The number of carbonyl (C=O) groups is 2. The van der Waals surface area contributed by atoms with Crippen molar-refractivity contribution in [2.45, 2.75) is 13.0 Å². The molecule has 0 fully saturated rings. The number of anilines is 1. The minimum atomic E-state index is -1.40. The Balaban J connectivity index is 2.26. The first-order valence-corrected chi connectivity index (χ1v) is 7.40. The van der Waals surface area contributed by atoms with E-state index in [4.69, 9.17) is 4.74 Å². The van der Waals surface area contributed by atoms with Crippen molar-refractivity contribution in [1.29, 1.82) is 0 Å². The predicted molar refractivity (Wildman–Crippen MR) is 87.2 cm³/mol. The van der Waals surface area contributed by atoms with Crippen LogP contribution in [-0.4, -0.2) is 36.2 Å². The first-order chi connectivity index (χ1) is 11.1. The smallest absolute Gasteiger partial charge is 0.336 e. The zero-order valence-electron chi connectivity index (χ0n) is 12.9. The van der Waals surface area contributed by atoms with Crippen molar-refractivity contribution in [3.05, 3.63) is 66.2 Å². The zero-order chi connectivity index (χ0) is 16.7. The van der Waals surface area contributed by atoms with E-state index in [0.717, 1.165) is 0 Å². The summed E-state index contributed by atoms with van der Waals surface area (Å²) < 4.78 is 4.80. The first-order valence-electron chi connectivity index (χ1n) is 7.40. The SMILES string of the molecule is CCOC(=O)C(O)CN(C(=O)c1ccccc1)c1ccccc1. The highest BCUT2D eigenvalue weighted by atomic mass is 16.5. The first kappa shape index (κ1) is 16.7. The number of aliphatic hydroxyl groups excluding tert-OH is 1. The van der Waals surface area contributed by atoms with Gasteiger partial charge in [0.15, 0.2) is 6.10 Å². The summed E-state index contributed by atoms with van der Waals surface area (Å²) in [5.41, 5.74) is 1.08. The van der Waals surface area contributed by atoms with Crippen molar-refractivity contribution in [3.8, 4) is 0 Å². The molecule has 1 unspecified atom stereocenters. The van der Waals surface area contributed by atoms with E-state index >= 15 is 0 Å². The summed E-state index contributed by atoms with van der Waals surface area (Å²) in [6.45, 7) is 1.67. The number of aliphatic hydroxyl groups is 1. The minimum absolute atomic E-state index is 0.170. The van der Waals surface area contributed by atoms with Gasteiger partial charge in [-0.3, -0.25) is 4.79 Å². The third kappa shape index (κ3) is 4.40. The summed E-state index contributed by atoms with van der Waals surface area (Å²) in [6.07, 6.45) is -1.40.